The Hall–Kier alpha value is -3.42. The van der Waals surface area contributed by atoms with Crippen molar-refractivity contribution in [1.29, 1.82) is 0 Å². The average molecular weight is 401 g/mol. The SMILES string of the molecule is CCCCNc1ccccc1C(=O)OCC(=O)NCC(=O)Nc1ccc(F)cc1. The highest BCUT2D eigenvalue weighted by atomic mass is 19.1. The number of hydrogen-bond donors (Lipinski definition) is 3. The standard InChI is InChI=1S/C21H24FN3O4/c1-2-3-12-23-18-7-5-4-6-17(18)21(28)29-14-20(27)24-13-19(26)25-16-10-8-15(22)9-11-16/h4-11,23H,2-3,12-14H2,1H3,(H,24,27)(H,25,26). The summed E-state index contributed by atoms with van der Waals surface area (Å²) in [6, 6.07) is 12.1. The number of anilines is 2. The molecule has 0 aromatic heterocycles. The summed E-state index contributed by atoms with van der Waals surface area (Å²) < 4.78 is 17.9. The van der Waals surface area contributed by atoms with E-state index in [0.717, 1.165) is 19.4 Å². The lowest BCUT2D eigenvalue weighted by atomic mass is 10.1. The number of nitrogens with one attached hydrogen (secondary N) is 3. The number of carbonyl (C=O) groups excluding carboxylic acids is 3. The minimum Gasteiger partial charge on any atom is -0.452 e. The van der Waals surface area contributed by atoms with Crippen LogP contribution in [0.4, 0.5) is 15.8 Å². The van der Waals surface area contributed by atoms with E-state index in [0.29, 0.717) is 16.9 Å². The summed E-state index contributed by atoms with van der Waals surface area (Å²) in [5.74, 6) is -2.14. The number of esters is 1. The molecule has 3 N–H and O–H groups in total. The van der Waals surface area contributed by atoms with E-state index in [9.17, 15) is 18.8 Å². The second-order valence-corrected chi connectivity index (χ2v) is 6.23. The van der Waals surface area contributed by atoms with Gasteiger partial charge in [0.05, 0.1) is 12.1 Å². The molecular formula is C21H24FN3O4. The number of amides is 2. The molecule has 0 fully saturated rings. The third-order valence-corrected chi connectivity index (χ3v) is 3.90. The molecular weight excluding hydrogens is 377 g/mol. The van der Waals surface area contributed by atoms with Gasteiger partial charge in [0.2, 0.25) is 5.91 Å². The van der Waals surface area contributed by atoms with Gasteiger partial charge in [0.15, 0.2) is 6.61 Å². The van der Waals surface area contributed by atoms with Crippen LogP contribution in [0.3, 0.4) is 0 Å². The number of hydrogen-bond acceptors (Lipinski definition) is 5. The van der Waals surface area contributed by atoms with Crippen molar-refractivity contribution >= 4 is 29.2 Å². The van der Waals surface area contributed by atoms with Gasteiger partial charge in [-0.15, -0.1) is 0 Å². The van der Waals surface area contributed by atoms with E-state index < -0.39 is 30.2 Å². The largest absolute Gasteiger partial charge is 0.452 e. The normalized spacial score (nSPS) is 10.1. The molecule has 2 aromatic carbocycles. The molecule has 0 aliphatic carbocycles. The summed E-state index contributed by atoms with van der Waals surface area (Å²) in [4.78, 5) is 35.9. The molecule has 7 nitrogen and oxygen atoms in total. The number of ether oxygens (including phenoxy) is 1. The van der Waals surface area contributed by atoms with Gasteiger partial charge in [-0.25, -0.2) is 9.18 Å². The van der Waals surface area contributed by atoms with Crippen LogP contribution in [-0.4, -0.2) is 37.5 Å². The third kappa shape index (κ3) is 7.61. The molecule has 2 rings (SSSR count). The van der Waals surface area contributed by atoms with E-state index >= 15 is 0 Å². The zero-order valence-electron chi connectivity index (χ0n) is 16.2. The maximum Gasteiger partial charge on any atom is 0.340 e. The fraction of sp³-hybridized carbons (Fsp3) is 0.286. The second kappa shape index (κ2) is 11.4. The Morgan fingerprint density at radius 3 is 2.45 bits per heavy atom. The minimum absolute atomic E-state index is 0.303. The summed E-state index contributed by atoms with van der Waals surface area (Å²) in [5, 5.41) is 8.04. The molecule has 0 saturated carbocycles. The average Bonchev–Trinajstić information content (AvgIpc) is 2.72. The van der Waals surface area contributed by atoms with Gasteiger partial charge >= 0.3 is 5.97 Å². The Bertz CT molecular complexity index is 840. The van der Waals surface area contributed by atoms with Crippen LogP contribution in [0.1, 0.15) is 30.1 Å². The summed E-state index contributed by atoms with van der Waals surface area (Å²) in [5.41, 5.74) is 1.39. The van der Waals surface area contributed by atoms with Crippen LogP contribution in [0.2, 0.25) is 0 Å². The van der Waals surface area contributed by atoms with Crippen molar-refractivity contribution < 1.29 is 23.5 Å². The molecule has 0 aliphatic heterocycles. The zero-order valence-corrected chi connectivity index (χ0v) is 16.2. The first-order valence-electron chi connectivity index (χ1n) is 9.31. The zero-order chi connectivity index (χ0) is 21.1. The maximum atomic E-state index is 12.8. The first-order chi connectivity index (χ1) is 14.0. The van der Waals surface area contributed by atoms with E-state index in [1.807, 2.05) is 0 Å². The van der Waals surface area contributed by atoms with Crippen LogP contribution in [0.5, 0.6) is 0 Å². The number of benzene rings is 2. The minimum atomic E-state index is -0.629. The van der Waals surface area contributed by atoms with E-state index in [4.69, 9.17) is 4.74 Å². The first-order valence-corrected chi connectivity index (χ1v) is 9.31. The highest BCUT2D eigenvalue weighted by Crippen LogP contribution is 2.16. The quantitative estimate of drug-likeness (QED) is 0.420. The summed E-state index contributed by atoms with van der Waals surface area (Å²) in [7, 11) is 0. The summed E-state index contributed by atoms with van der Waals surface area (Å²) in [6.07, 6.45) is 1.99. The number of unbranched alkanes of at least 4 members (excludes halogenated alkanes) is 1. The van der Waals surface area contributed by atoms with E-state index in [2.05, 4.69) is 22.9 Å². The van der Waals surface area contributed by atoms with Gasteiger partial charge in [-0.2, -0.15) is 0 Å². The second-order valence-electron chi connectivity index (χ2n) is 6.23. The maximum absolute atomic E-state index is 12.8. The van der Waals surface area contributed by atoms with Gasteiger partial charge in [-0.1, -0.05) is 25.5 Å². The smallest absolute Gasteiger partial charge is 0.340 e. The highest BCUT2D eigenvalue weighted by Gasteiger charge is 2.14. The molecule has 0 aliphatic rings. The molecule has 0 unspecified atom stereocenters. The van der Waals surface area contributed by atoms with Gasteiger partial charge < -0.3 is 20.7 Å². The number of para-hydroxylation sites is 1. The van der Waals surface area contributed by atoms with Crippen molar-refractivity contribution in [1.82, 2.24) is 5.32 Å². The lowest BCUT2D eigenvalue weighted by molar-refractivity contribution is -0.126. The van der Waals surface area contributed by atoms with E-state index in [1.54, 1.807) is 24.3 Å². The van der Waals surface area contributed by atoms with Gasteiger partial charge in [0, 0.05) is 17.9 Å². The highest BCUT2D eigenvalue weighted by molar-refractivity contribution is 5.97. The Morgan fingerprint density at radius 1 is 1.00 bits per heavy atom. The molecule has 0 bridgehead atoms. The van der Waals surface area contributed by atoms with Crippen molar-refractivity contribution in [3.63, 3.8) is 0 Å². The Labute approximate surface area is 168 Å². The molecule has 2 amide bonds. The monoisotopic (exact) mass is 401 g/mol. The van der Waals surface area contributed by atoms with Crippen molar-refractivity contribution in [3.05, 3.63) is 59.9 Å². The molecule has 8 heteroatoms. The van der Waals surface area contributed by atoms with Crippen molar-refractivity contribution in [2.75, 3.05) is 30.3 Å². The molecule has 2 aromatic rings. The van der Waals surface area contributed by atoms with Crippen LogP contribution < -0.4 is 16.0 Å². The van der Waals surface area contributed by atoms with Crippen LogP contribution >= 0.6 is 0 Å². The fourth-order valence-corrected chi connectivity index (χ4v) is 2.39. The Balaban J connectivity index is 1.76. The fourth-order valence-electron chi connectivity index (χ4n) is 2.39. The third-order valence-electron chi connectivity index (χ3n) is 3.90. The van der Waals surface area contributed by atoms with Gasteiger partial charge in [0.25, 0.3) is 5.91 Å². The van der Waals surface area contributed by atoms with Crippen molar-refractivity contribution in [3.8, 4) is 0 Å². The predicted octanol–water partition coefficient (Wildman–Crippen LogP) is 2.95. The number of halogens is 1. The van der Waals surface area contributed by atoms with Crippen LogP contribution in [0.25, 0.3) is 0 Å². The van der Waals surface area contributed by atoms with Crippen LogP contribution in [-0.2, 0) is 14.3 Å². The lowest BCUT2D eigenvalue weighted by Gasteiger charge is -2.11. The molecule has 0 heterocycles. The van der Waals surface area contributed by atoms with Crippen LogP contribution in [0.15, 0.2) is 48.5 Å². The molecule has 29 heavy (non-hydrogen) atoms. The van der Waals surface area contributed by atoms with Crippen LogP contribution in [0, 0.1) is 5.82 Å². The first kappa shape index (κ1) is 21.9. The van der Waals surface area contributed by atoms with E-state index in [-0.39, 0.29) is 6.54 Å². The van der Waals surface area contributed by atoms with Gasteiger partial charge in [0.1, 0.15) is 5.82 Å². The number of carbonyl (C=O) groups is 3. The van der Waals surface area contributed by atoms with Crippen molar-refractivity contribution in [2.24, 2.45) is 0 Å². The summed E-state index contributed by atoms with van der Waals surface area (Å²) in [6.45, 7) is 1.99. The Kier molecular flexibility index (Phi) is 8.62. The molecule has 154 valence electrons. The molecule has 0 atom stereocenters. The van der Waals surface area contributed by atoms with Crippen molar-refractivity contribution in [2.45, 2.75) is 19.8 Å². The topological polar surface area (TPSA) is 96.5 Å². The molecule has 0 saturated heterocycles. The summed E-state index contributed by atoms with van der Waals surface area (Å²) >= 11 is 0. The predicted molar refractivity (Wildman–Crippen MR) is 108 cm³/mol. The molecule has 0 radical (unpaired) electrons. The molecule has 0 spiro atoms. The lowest BCUT2D eigenvalue weighted by Crippen LogP contribution is -2.35. The van der Waals surface area contributed by atoms with E-state index in [1.165, 1.54) is 24.3 Å². The van der Waals surface area contributed by atoms with Gasteiger partial charge in [-0.05, 0) is 42.8 Å². The van der Waals surface area contributed by atoms with Gasteiger partial charge in [-0.3, -0.25) is 9.59 Å². The number of rotatable bonds is 10. The Morgan fingerprint density at radius 2 is 1.72 bits per heavy atom.